The van der Waals surface area contributed by atoms with Crippen molar-refractivity contribution in [2.24, 2.45) is 5.84 Å². The fourth-order valence-electron chi connectivity index (χ4n) is 1.64. The van der Waals surface area contributed by atoms with Crippen LogP contribution in [-0.4, -0.2) is 10.2 Å². The van der Waals surface area contributed by atoms with Crippen LogP contribution in [0.25, 0.3) is 0 Å². The lowest BCUT2D eigenvalue weighted by Gasteiger charge is -2.15. The summed E-state index contributed by atoms with van der Waals surface area (Å²) in [6.07, 6.45) is 4.21. The predicted octanol–water partition coefficient (Wildman–Crippen LogP) is 1.99. The molecular formula is C12H13BrN4. The Morgan fingerprint density at radius 3 is 2.53 bits per heavy atom. The monoisotopic (exact) mass is 292 g/mol. The number of hydrogen-bond acceptors (Lipinski definition) is 4. The molecule has 0 fully saturated rings. The molecule has 1 aromatic heterocycles. The van der Waals surface area contributed by atoms with Crippen molar-refractivity contribution in [2.45, 2.75) is 12.5 Å². The topological polar surface area (TPSA) is 63.8 Å². The van der Waals surface area contributed by atoms with E-state index in [4.69, 9.17) is 5.84 Å². The van der Waals surface area contributed by atoms with Gasteiger partial charge in [0, 0.05) is 10.7 Å². The fraction of sp³-hybridized carbons (Fsp3) is 0.167. The highest BCUT2D eigenvalue weighted by Gasteiger charge is 2.10. The van der Waals surface area contributed by atoms with Gasteiger partial charge in [0.15, 0.2) is 0 Å². The molecule has 3 N–H and O–H groups in total. The van der Waals surface area contributed by atoms with Crippen LogP contribution in [0.2, 0.25) is 0 Å². The van der Waals surface area contributed by atoms with E-state index < -0.39 is 0 Å². The standard InChI is InChI=1S/C12H13BrN4/c13-11-3-1-9(2-4-11)7-12(17-14)10-5-6-15-16-8-10/h1-6,8,12,17H,7,14H2. The molecule has 0 aliphatic carbocycles. The molecule has 0 spiro atoms. The van der Waals surface area contributed by atoms with Crippen LogP contribution in [0.1, 0.15) is 17.2 Å². The predicted molar refractivity (Wildman–Crippen MR) is 69.9 cm³/mol. The van der Waals surface area contributed by atoms with E-state index in [1.165, 1.54) is 5.56 Å². The Kier molecular flexibility index (Phi) is 4.19. The smallest absolute Gasteiger partial charge is 0.0544 e. The average molecular weight is 293 g/mol. The summed E-state index contributed by atoms with van der Waals surface area (Å²) in [6.45, 7) is 0. The minimum Gasteiger partial charge on any atom is -0.271 e. The van der Waals surface area contributed by atoms with Crippen molar-refractivity contribution >= 4 is 15.9 Å². The normalized spacial score (nSPS) is 12.4. The van der Waals surface area contributed by atoms with E-state index in [2.05, 4.69) is 43.7 Å². The lowest BCUT2D eigenvalue weighted by Crippen LogP contribution is -2.29. The first-order valence-corrected chi connectivity index (χ1v) is 6.06. The lowest BCUT2D eigenvalue weighted by molar-refractivity contribution is 0.548. The number of nitrogens with two attached hydrogens (primary N) is 1. The van der Waals surface area contributed by atoms with Crippen molar-refractivity contribution in [3.63, 3.8) is 0 Å². The second-order valence-corrected chi connectivity index (χ2v) is 4.64. The largest absolute Gasteiger partial charge is 0.271 e. The zero-order valence-electron chi connectivity index (χ0n) is 9.18. The molecule has 0 aliphatic rings. The Labute approximate surface area is 108 Å². The van der Waals surface area contributed by atoms with Gasteiger partial charge in [-0.3, -0.25) is 11.3 Å². The van der Waals surface area contributed by atoms with Gasteiger partial charge in [-0.05, 0) is 35.7 Å². The first-order valence-electron chi connectivity index (χ1n) is 5.27. The molecular weight excluding hydrogens is 280 g/mol. The van der Waals surface area contributed by atoms with Crippen LogP contribution in [0.3, 0.4) is 0 Å². The maximum Gasteiger partial charge on any atom is 0.0544 e. The Morgan fingerprint density at radius 2 is 1.94 bits per heavy atom. The summed E-state index contributed by atoms with van der Waals surface area (Å²) in [5.74, 6) is 5.58. The van der Waals surface area contributed by atoms with Crippen LogP contribution in [-0.2, 0) is 6.42 Å². The maximum absolute atomic E-state index is 5.58. The molecule has 5 heteroatoms. The number of hydrogen-bond donors (Lipinski definition) is 2. The second kappa shape index (κ2) is 5.86. The third-order valence-electron chi connectivity index (χ3n) is 2.56. The third kappa shape index (κ3) is 3.33. The molecule has 4 nitrogen and oxygen atoms in total. The second-order valence-electron chi connectivity index (χ2n) is 3.73. The summed E-state index contributed by atoms with van der Waals surface area (Å²) in [6, 6.07) is 10.1. The minimum atomic E-state index is 0.0478. The molecule has 0 aliphatic heterocycles. The van der Waals surface area contributed by atoms with Crippen LogP contribution in [0.5, 0.6) is 0 Å². The van der Waals surface area contributed by atoms with E-state index in [9.17, 15) is 0 Å². The van der Waals surface area contributed by atoms with Crippen molar-refractivity contribution in [1.82, 2.24) is 15.6 Å². The van der Waals surface area contributed by atoms with E-state index in [1.54, 1.807) is 12.4 Å². The number of hydrazine groups is 1. The summed E-state index contributed by atoms with van der Waals surface area (Å²) in [5, 5.41) is 7.61. The molecule has 1 atom stereocenters. The number of nitrogens with zero attached hydrogens (tertiary/aromatic N) is 2. The maximum atomic E-state index is 5.58. The Hall–Kier alpha value is -1.30. The molecule has 0 radical (unpaired) electrons. The summed E-state index contributed by atoms with van der Waals surface area (Å²) in [5.41, 5.74) is 5.05. The SMILES string of the molecule is NNC(Cc1ccc(Br)cc1)c1ccnnc1. The number of halogens is 1. The molecule has 17 heavy (non-hydrogen) atoms. The van der Waals surface area contributed by atoms with Crippen LogP contribution in [0, 0.1) is 0 Å². The lowest BCUT2D eigenvalue weighted by atomic mass is 10.0. The molecule has 88 valence electrons. The van der Waals surface area contributed by atoms with Gasteiger partial charge in [-0.15, -0.1) is 0 Å². The van der Waals surface area contributed by atoms with Gasteiger partial charge < -0.3 is 0 Å². The van der Waals surface area contributed by atoms with E-state index in [1.807, 2.05) is 18.2 Å². The number of rotatable bonds is 4. The molecule has 2 rings (SSSR count). The molecule has 0 saturated carbocycles. The molecule has 0 bridgehead atoms. The Bertz CT molecular complexity index is 458. The third-order valence-corrected chi connectivity index (χ3v) is 3.09. The number of nitrogens with one attached hydrogen (secondary N) is 1. The Morgan fingerprint density at radius 1 is 1.18 bits per heavy atom. The van der Waals surface area contributed by atoms with Crippen molar-refractivity contribution < 1.29 is 0 Å². The van der Waals surface area contributed by atoms with Gasteiger partial charge in [-0.25, -0.2) is 0 Å². The van der Waals surface area contributed by atoms with Gasteiger partial charge in [-0.1, -0.05) is 28.1 Å². The van der Waals surface area contributed by atoms with Gasteiger partial charge in [0.1, 0.15) is 0 Å². The van der Waals surface area contributed by atoms with Crippen LogP contribution < -0.4 is 11.3 Å². The van der Waals surface area contributed by atoms with Gasteiger partial charge in [0.25, 0.3) is 0 Å². The fourth-order valence-corrected chi connectivity index (χ4v) is 1.90. The average Bonchev–Trinajstić information content (AvgIpc) is 2.39. The zero-order chi connectivity index (χ0) is 12.1. The highest BCUT2D eigenvalue weighted by Crippen LogP contribution is 2.18. The summed E-state index contributed by atoms with van der Waals surface area (Å²) >= 11 is 3.42. The van der Waals surface area contributed by atoms with Crippen molar-refractivity contribution in [3.05, 3.63) is 58.3 Å². The van der Waals surface area contributed by atoms with E-state index in [0.717, 1.165) is 16.5 Å². The molecule has 1 heterocycles. The molecule has 2 aromatic rings. The molecule has 0 amide bonds. The van der Waals surface area contributed by atoms with Crippen LogP contribution in [0.4, 0.5) is 0 Å². The van der Waals surface area contributed by atoms with Crippen molar-refractivity contribution in [1.29, 1.82) is 0 Å². The summed E-state index contributed by atoms with van der Waals surface area (Å²) in [7, 11) is 0. The van der Waals surface area contributed by atoms with E-state index >= 15 is 0 Å². The zero-order valence-corrected chi connectivity index (χ0v) is 10.8. The number of benzene rings is 1. The molecule has 1 aromatic carbocycles. The van der Waals surface area contributed by atoms with Gasteiger partial charge >= 0.3 is 0 Å². The summed E-state index contributed by atoms with van der Waals surface area (Å²) in [4.78, 5) is 0. The van der Waals surface area contributed by atoms with E-state index in [0.29, 0.717) is 0 Å². The highest BCUT2D eigenvalue weighted by molar-refractivity contribution is 9.10. The minimum absolute atomic E-state index is 0.0478. The van der Waals surface area contributed by atoms with Gasteiger partial charge in [0.2, 0.25) is 0 Å². The van der Waals surface area contributed by atoms with Crippen LogP contribution in [0.15, 0.2) is 47.2 Å². The van der Waals surface area contributed by atoms with E-state index in [-0.39, 0.29) is 6.04 Å². The Balaban J connectivity index is 2.13. The first kappa shape index (κ1) is 12.2. The van der Waals surface area contributed by atoms with Crippen LogP contribution >= 0.6 is 15.9 Å². The highest BCUT2D eigenvalue weighted by atomic mass is 79.9. The molecule has 1 unspecified atom stereocenters. The van der Waals surface area contributed by atoms with Gasteiger partial charge in [-0.2, -0.15) is 10.2 Å². The quantitative estimate of drug-likeness (QED) is 0.668. The van der Waals surface area contributed by atoms with Crippen molar-refractivity contribution in [2.75, 3.05) is 0 Å². The molecule has 0 saturated heterocycles. The first-order chi connectivity index (χ1) is 8.29. The van der Waals surface area contributed by atoms with Crippen molar-refractivity contribution in [3.8, 4) is 0 Å². The van der Waals surface area contributed by atoms with Gasteiger partial charge in [0.05, 0.1) is 12.2 Å². The summed E-state index contributed by atoms with van der Waals surface area (Å²) < 4.78 is 1.07. The number of aromatic nitrogens is 2.